The number of fused-ring (bicyclic) bond motifs is 1. The largest absolute Gasteiger partial charge is 0.494 e. The Balaban J connectivity index is 1.55. The van der Waals surface area contributed by atoms with Crippen molar-refractivity contribution < 1.29 is 23.4 Å². The summed E-state index contributed by atoms with van der Waals surface area (Å²) in [5.74, 6) is -1.08. The summed E-state index contributed by atoms with van der Waals surface area (Å²) in [7, 11) is 0. The molecule has 0 radical (unpaired) electrons. The second kappa shape index (κ2) is 10.4. The number of ether oxygens (including phenoxy) is 1. The predicted octanol–water partition coefficient (Wildman–Crippen LogP) is 5.93. The van der Waals surface area contributed by atoms with Gasteiger partial charge in [-0.3, -0.25) is 4.79 Å². The van der Waals surface area contributed by atoms with Gasteiger partial charge in [-0.2, -0.15) is 0 Å². The third-order valence-corrected chi connectivity index (χ3v) is 6.96. The number of anilines is 1. The summed E-state index contributed by atoms with van der Waals surface area (Å²) in [6.07, 6.45) is 1.66. The summed E-state index contributed by atoms with van der Waals surface area (Å²) in [5.41, 5.74) is 2.82. The van der Waals surface area contributed by atoms with Gasteiger partial charge < -0.3 is 15.2 Å². The number of aromatic nitrogens is 2. The van der Waals surface area contributed by atoms with Crippen LogP contribution in [0.15, 0.2) is 36.7 Å². The van der Waals surface area contributed by atoms with Crippen LogP contribution in [-0.4, -0.2) is 34.2 Å². The molecule has 4 aromatic rings. The average molecular weight is 498 g/mol. The van der Waals surface area contributed by atoms with Crippen molar-refractivity contribution in [3.8, 4) is 17.0 Å². The minimum atomic E-state index is -1.07. The lowest BCUT2D eigenvalue weighted by atomic mass is 10.0. The molecule has 0 aliphatic heterocycles. The quantitative estimate of drug-likeness (QED) is 0.298. The van der Waals surface area contributed by atoms with Crippen LogP contribution in [0, 0.1) is 25.5 Å². The van der Waals surface area contributed by atoms with Crippen molar-refractivity contribution in [3.63, 3.8) is 0 Å². The van der Waals surface area contributed by atoms with E-state index in [0.717, 1.165) is 26.1 Å². The van der Waals surface area contributed by atoms with Crippen LogP contribution in [0.5, 0.6) is 5.75 Å². The number of carboxylic acids is 1. The number of benzene rings is 2. The first kappa shape index (κ1) is 24.5. The number of hydrogen-bond acceptors (Lipinski definition) is 6. The summed E-state index contributed by atoms with van der Waals surface area (Å²) in [5, 5.41) is 13.3. The summed E-state index contributed by atoms with van der Waals surface area (Å²) in [4.78, 5) is 20.7. The number of carboxylic acid groups (broad SMARTS) is 1. The van der Waals surface area contributed by atoms with Crippen molar-refractivity contribution in [1.82, 2.24) is 9.97 Å². The summed E-state index contributed by atoms with van der Waals surface area (Å²) >= 11 is 1.66. The Labute approximate surface area is 205 Å². The highest BCUT2D eigenvalue weighted by atomic mass is 32.1. The summed E-state index contributed by atoms with van der Waals surface area (Å²) in [6, 6.07) is 7.41. The molecular weight excluding hydrogens is 472 g/mol. The molecule has 0 saturated heterocycles. The van der Waals surface area contributed by atoms with Gasteiger partial charge in [-0.1, -0.05) is 0 Å². The lowest BCUT2D eigenvalue weighted by Gasteiger charge is -2.13. The molecule has 4 rings (SSSR count). The van der Waals surface area contributed by atoms with Gasteiger partial charge in [-0.05, 0) is 68.0 Å². The van der Waals surface area contributed by atoms with Crippen LogP contribution in [0.1, 0.15) is 28.5 Å². The Morgan fingerprint density at radius 1 is 1.14 bits per heavy atom. The molecule has 0 aliphatic carbocycles. The number of aryl methyl sites for hydroxylation is 2. The molecule has 0 spiro atoms. The first-order chi connectivity index (χ1) is 16.8. The molecule has 9 heteroatoms. The van der Waals surface area contributed by atoms with Gasteiger partial charge in [-0.15, -0.1) is 11.3 Å². The Kier molecular flexibility index (Phi) is 7.25. The van der Waals surface area contributed by atoms with E-state index >= 15 is 0 Å². The smallest absolute Gasteiger partial charge is 0.307 e. The highest BCUT2D eigenvalue weighted by Crippen LogP contribution is 2.34. The van der Waals surface area contributed by atoms with Crippen LogP contribution < -0.4 is 10.1 Å². The number of carbonyl (C=O) groups is 1. The first-order valence-corrected chi connectivity index (χ1v) is 12.0. The van der Waals surface area contributed by atoms with Crippen LogP contribution in [0.25, 0.3) is 21.3 Å². The number of halogens is 2. The fourth-order valence-electron chi connectivity index (χ4n) is 4.10. The van der Waals surface area contributed by atoms with Crippen LogP contribution in [-0.2, 0) is 17.6 Å². The second-order valence-corrected chi connectivity index (χ2v) is 9.37. The van der Waals surface area contributed by atoms with Gasteiger partial charge in [0.2, 0.25) is 0 Å². The van der Waals surface area contributed by atoms with E-state index in [-0.39, 0.29) is 23.4 Å². The molecule has 0 saturated carbocycles. The molecule has 2 aromatic carbocycles. The van der Waals surface area contributed by atoms with Crippen molar-refractivity contribution in [3.05, 3.63) is 69.9 Å². The fraction of sp³-hybridized carbons (Fsp3) is 0.269. The highest BCUT2D eigenvalue weighted by Gasteiger charge is 2.17. The standard InChI is InChI=1S/C26H25F2N3O3S/c1-4-34-23-11-20(21(28)8-16(23)9-25(32)33)22-12-24(31-13-30-22)29-6-5-18-15(3)35-26-14(2)7-17(27)10-19(18)26/h7-8,10-13H,4-6,9H2,1-3H3,(H,32,33)(H,29,30,31). The fourth-order valence-corrected chi connectivity index (χ4v) is 5.26. The van der Waals surface area contributed by atoms with E-state index < -0.39 is 11.8 Å². The number of nitrogens with one attached hydrogen (secondary N) is 1. The van der Waals surface area contributed by atoms with E-state index in [1.165, 1.54) is 18.5 Å². The maximum atomic E-state index is 14.9. The molecule has 2 N–H and O–H groups in total. The van der Waals surface area contributed by atoms with Gasteiger partial charge in [0.15, 0.2) is 0 Å². The highest BCUT2D eigenvalue weighted by molar-refractivity contribution is 7.19. The van der Waals surface area contributed by atoms with Crippen LogP contribution in [0.2, 0.25) is 0 Å². The van der Waals surface area contributed by atoms with Gasteiger partial charge >= 0.3 is 5.97 Å². The number of rotatable bonds is 9. The zero-order chi connectivity index (χ0) is 25.1. The molecule has 0 aliphatic rings. The molecule has 0 fully saturated rings. The van der Waals surface area contributed by atoms with Crippen molar-refractivity contribution >= 4 is 33.2 Å². The SMILES string of the molecule is CCOc1cc(-c2cc(NCCc3c(C)sc4c(C)cc(F)cc34)ncn2)c(F)cc1CC(=O)O. The molecule has 6 nitrogen and oxygen atoms in total. The molecule has 0 atom stereocenters. The molecule has 2 heterocycles. The van der Waals surface area contributed by atoms with E-state index in [1.807, 2.05) is 13.8 Å². The van der Waals surface area contributed by atoms with E-state index in [2.05, 4.69) is 15.3 Å². The minimum Gasteiger partial charge on any atom is -0.494 e. The van der Waals surface area contributed by atoms with Crippen LogP contribution in [0.3, 0.4) is 0 Å². The van der Waals surface area contributed by atoms with Crippen molar-refractivity contribution in [2.75, 3.05) is 18.5 Å². The molecule has 0 amide bonds. The Hall–Kier alpha value is -3.59. The number of hydrogen-bond donors (Lipinski definition) is 2. The predicted molar refractivity (Wildman–Crippen MR) is 133 cm³/mol. The van der Waals surface area contributed by atoms with Crippen molar-refractivity contribution in [2.45, 2.75) is 33.6 Å². The van der Waals surface area contributed by atoms with E-state index in [4.69, 9.17) is 9.84 Å². The third-order valence-electron chi connectivity index (χ3n) is 5.66. The topological polar surface area (TPSA) is 84.3 Å². The van der Waals surface area contributed by atoms with Gasteiger partial charge in [0.05, 0.1) is 18.7 Å². The van der Waals surface area contributed by atoms with Crippen molar-refractivity contribution in [2.24, 2.45) is 0 Å². The monoisotopic (exact) mass is 497 g/mol. The zero-order valence-electron chi connectivity index (χ0n) is 19.6. The molecule has 35 heavy (non-hydrogen) atoms. The number of nitrogens with zero attached hydrogens (tertiary/aromatic N) is 2. The third kappa shape index (κ3) is 5.40. The van der Waals surface area contributed by atoms with E-state index in [1.54, 1.807) is 36.5 Å². The minimum absolute atomic E-state index is 0.193. The molecule has 182 valence electrons. The van der Waals surface area contributed by atoms with Crippen molar-refractivity contribution in [1.29, 1.82) is 0 Å². The molecule has 0 bridgehead atoms. The number of aliphatic carboxylic acids is 1. The Morgan fingerprint density at radius 3 is 2.69 bits per heavy atom. The molecular formula is C26H25F2N3O3S. The normalized spacial score (nSPS) is 11.1. The van der Waals surface area contributed by atoms with Gasteiger partial charge in [0.1, 0.15) is 29.5 Å². The summed E-state index contributed by atoms with van der Waals surface area (Å²) in [6.45, 7) is 6.58. The molecule has 2 aromatic heterocycles. The van der Waals surface area contributed by atoms with E-state index in [9.17, 15) is 13.6 Å². The van der Waals surface area contributed by atoms with Gasteiger partial charge in [0, 0.05) is 33.3 Å². The van der Waals surface area contributed by atoms with Gasteiger partial charge in [-0.25, -0.2) is 18.7 Å². The maximum absolute atomic E-state index is 14.9. The maximum Gasteiger partial charge on any atom is 0.307 e. The molecule has 0 unspecified atom stereocenters. The Bertz CT molecular complexity index is 1400. The lowest BCUT2D eigenvalue weighted by Crippen LogP contribution is -2.08. The first-order valence-electron chi connectivity index (χ1n) is 11.2. The zero-order valence-corrected chi connectivity index (χ0v) is 20.4. The van der Waals surface area contributed by atoms with Crippen LogP contribution in [0.4, 0.5) is 14.6 Å². The lowest BCUT2D eigenvalue weighted by molar-refractivity contribution is -0.136. The number of thiophene rings is 1. The van der Waals surface area contributed by atoms with E-state index in [0.29, 0.717) is 36.8 Å². The Morgan fingerprint density at radius 2 is 1.94 bits per heavy atom. The second-order valence-electron chi connectivity index (χ2n) is 8.14. The van der Waals surface area contributed by atoms with Crippen LogP contribution >= 0.6 is 11.3 Å². The average Bonchev–Trinajstić information content (AvgIpc) is 3.11. The van der Waals surface area contributed by atoms with Gasteiger partial charge in [0.25, 0.3) is 0 Å². The summed E-state index contributed by atoms with van der Waals surface area (Å²) < 4.78 is 35.5.